The van der Waals surface area contributed by atoms with Gasteiger partial charge >= 0.3 is 0 Å². The number of β-amino-alcohol motifs (C(OH)–C–C–N with tert-alkyl or cyclic N) is 2. The first-order valence-corrected chi connectivity index (χ1v) is 5.99. The summed E-state index contributed by atoms with van der Waals surface area (Å²) in [6, 6.07) is 0. The Hall–Kier alpha value is -0.650. The first-order chi connectivity index (χ1) is 7.65. The molecule has 0 bridgehead atoms. The largest absolute Gasteiger partial charge is 0.388 e. The molecule has 0 saturated carbocycles. The molecular formula is C11H22N2O3. The topological polar surface area (TPSA) is 86.8 Å². The van der Waals surface area contributed by atoms with Gasteiger partial charge in [-0.25, -0.2) is 0 Å². The zero-order valence-electron chi connectivity index (χ0n) is 9.64. The van der Waals surface area contributed by atoms with Gasteiger partial charge in [-0.1, -0.05) is 12.8 Å². The van der Waals surface area contributed by atoms with Gasteiger partial charge in [0, 0.05) is 19.5 Å². The molecule has 0 radical (unpaired) electrons. The molecule has 0 spiro atoms. The second kappa shape index (κ2) is 6.83. The van der Waals surface area contributed by atoms with Gasteiger partial charge in [-0.3, -0.25) is 4.79 Å². The molecule has 0 aliphatic carbocycles. The van der Waals surface area contributed by atoms with E-state index in [9.17, 15) is 15.0 Å². The molecule has 1 saturated heterocycles. The van der Waals surface area contributed by atoms with Crippen molar-refractivity contribution in [1.29, 1.82) is 0 Å². The molecule has 0 aromatic heterocycles. The third kappa shape index (κ3) is 4.08. The van der Waals surface area contributed by atoms with Crippen molar-refractivity contribution >= 4 is 5.91 Å². The number of nitrogens with zero attached hydrogens (tertiary/aromatic N) is 1. The van der Waals surface area contributed by atoms with Crippen LogP contribution in [0.4, 0.5) is 0 Å². The van der Waals surface area contributed by atoms with Gasteiger partial charge in [-0.2, -0.15) is 0 Å². The van der Waals surface area contributed by atoms with E-state index in [4.69, 9.17) is 5.73 Å². The van der Waals surface area contributed by atoms with Crippen LogP contribution in [-0.2, 0) is 4.79 Å². The standard InChI is InChI=1S/C11H22N2O3/c12-6-4-2-1-3-5-11(16)13-7-9(14)10(15)8-13/h9-10,14-15H,1-8,12H2. The quantitative estimate of drug-likeness (QED) is 0.535. The second-order valence-corrected chi connectivity index (χ2v) is 4.39. The fourth-order valence-corrected chi connectivity index (χ4v) is 1.91. The zero-order valence-corrected chi connectivity index (χ0v) is 9.64. The summed E-state index contributed by atoms with van der Waals surface area (Å²) < 4.78 is 0. The predicted molar refractivity (Wildman–Crippen MR) is 60.7 cm³/mol. The summed E-state index contributed by atoms with van der Waals surface area (Å²) in [7, 11) is 0. The van der Waals surface area contributed by atoms with Crippen molar-refractivity contribution in [2.45, 2.75) is 44.3 Å². The van der Waals surface area contributed by atoms with E-state index in [0.717, 1.165) is 25.7 Å². The monoisotopic (exact) mass is 230 g/mol. The second-order valence-electron chi connectivity index (χ2n) is 4.39. The molecule has 1 fully saturated rings. The molecule has 5 heteroatoms. The average molecular weight is 230 g/mol. The van der Waals surface area contributed by atoms with E-state index in [0.29, 0.717) is 13.0 Å². The van der Waals surface area contributed by atoms with Crippen molar-refractivity contribution in [2.24, 2.45) is 5.73 Å². The molecule has 94 valence electrons. The summed E-state index contributed by atoms with van der Waals surface area (Å²) in [5, 5.41) is 18.6. The van der Waals surface area contributed by atoms with Gasteiger partial charge in [0.15, 0.2) is 0 Å². The highest BCUT2D eigenvalue weighted by atomic mass is 16.3. The number of aliphatic hydroxyl groups excluding tert-OH is 2. The van der Waals surface area contributed by atoms with Crippen LogP contribution in [-0.4, -0.2) is 52.9 Å². The molecule has 0 aromatic rings. The molecule has 1 heterocycles. The molecule has 0 aromatic carbocycles. The third-order valence-corrected chi connectivity index (χ3v) is 2.96. The van der Waals surface area contributed by atoms with Crippen LogP contribution in [0.2, 0.25) is 0 Å². The number of aliphatic hydroxyl groups is 2. The van der Waals surface area contributed by atoms with Crippen molar-refractivity contribution in [3.05, 3.63) is 0 Å². The van der Waals surface area contributed by atoms with Crippen molar-refractivity contribution < 1.29 is 15.0 Å². The number of carbonyl (C=O) groups is 1. The summed E-state index contributed by atoms with van der Waals surface area (Å²) in [4.78, 5) is 13.2. The Morgan fingerprint density at radius 3 is 2.25 bits per heavy atom. The van der Waals surface area contributed by atoms with Crippen LogP contribution >= 0.6 is 0 Å². The summed E-state index contributed by atoms with van der Waals surface area (Å²) >= 11 is 0. The SMILES string of the molecule is NCCCCCCC(=O)N1CC(O)C(O)C1. The summed E-state index contributed by atoms with van der Waals surface area (Å²) in [5.41, 5.74) is 5.37. The lowest BCUT2D eigenvalue weighted by Crippen LogP contribution is -2.29. The van der Waals surface area contributed by atoms with Gasteiger partial charge < -0.3 is 20.8 Å². The van der Waals surface area contributed by atoms with Crippen molar-refractivity contribution in [2.75, 3.05) is 19.6 Å². The highest BCUT2D eigenvalue weighted by Gasteiger charge is 2.31. The highest BCUT2D eigenvalue weighted by molar-refractivity contribution is 5.76. The van der Waals surface area contributed by atoms with Crippen LogP contribution < -0.4 is 5.73 Å². The number of carbonyl (C=O) groups excluding carboxylic acids is 1. The van der Waals surface area contributed by atoms with Crippen LogP contribution in [0, 0.1) is 0 Å². The Balaban J connectivity index is 2.11. The summed E-state index contributed by atoms with van der Waals surface area (Å²) in [6.45, 7) is 1.24. The van der Waals surface area contributed by atoms with Gasteiger partial charge in [0.2, 0.25) is 5.91 Å². The minimum Gasteiger partial charge on any atom is -0.388 e. The number of likely N-dealkylation sites (tertiary alicyclic amines) is 1. The van der Waals surface area contributed by atoms with E-state index >= 15 is 0 Å². The smallest absolute Gasteiger partial charge is 0.222 e. The summed E-state index contributed by atoms with van der Waals surface area (Å²) in [6.07, 6.45) is 2.90. The molecule has 1 amide bonds. The van der Waals surface area contributed by atoms with Gasteiger partial charge in [0.25, 0.3) is 0 Å². The molecule has 1 aliphatic rings. The lowest BCUT2D eigenvalue weighted by Gasteiger charge is -2.14. The normalized spacial score (nSPS) is 25.1. The first kappa shape index (κ1) is 13.4. The van der Waals surface area contributed by atoms with Crippen LogP contribution in [0.5, 0.6) is 0 Å². The van der Waals surface area contributed by atoms with Crippen LogP contribution in [0.3, 0.4) is 0 Å². The maximum Gasteiger partial charge on any atom is 0.222 e. The van der Waals surface area contributed by atoms with Gasteiger partial charge in [-0.15, -0.1) is 0 Å². The van der Waals surface area contributed by atoms with Gasteiger partial charge in [0.1, 0.15) is 0 Å². The third-order valence-electron chi connectivity index (χ3n) is 2.96. The lowest BCUT2D eigenvalue weighted by molar-refractivity contribution is -0.130. The van der Waals surface area contributed by atoms with E-state index in [1.807, 2.05) is 0 Å². The molecule has 2 atom stereocenters. The van der Waals surface area contributed by atoms with E-state index in [1.165, 1.54) is 4.90 Å². The number of amides is 1. The van der Waals surface area contributed by atoms with E-state index < -0.39 is 12.2 Å². The van der Waals surface area contributed by atoms with Crippen LogP contribution in [0.25, 0.3) is 0 Å². The molecule has 1 aliphatic heterocycles. The molecule has 2 unspecified atom stereocenters. The minimum absolute atomic E-state index is 0.0309. The maximum atomic E-state index is 11.6. The fourth-order valence-electron chi connectivity index (χ4n) is 1.91. The molecular weight excluding hydrogens is 208 g/mol. The molecule has 5 nitrogen and oxygen atoms in total. The van der Waals surface area contributed by atoms with Crippen LogP contribution in [0.15, 0.2) is 0 Å². The number of hydrogen-bond donors (Lipinski definition) is 3. The lowest BCUT2D eigenvalue weighted by atomic mass is 10.1. The van der Waals surface area contributed by atoms with Crippen LogP contribution in [0.1, 0.15) is 32.1 Å². The fraction of sp³-hybridized carbons (Fsp3) is 0.909. The van der Waals surface area contributed by atoms with E-state index in [1.54, 1.807) is 0 Å². The number of unbranched alkanes of at least 4 members (excludes halogenated alkanes) is 3. The van der Waals surface area contributed by atoms with Gasteiger partial charge in [0.05, 0.1) is 12.2 Å². The van der Waals surface area contributed by atoms with Crippen molar-refractivity contribution in [3.8, 4) is 0 Å². The average Bonchev–Trinajstić information content (AvgIpc) is 2.59. The minimum atomic E-state index is -0.777. The zero-order chi connectivity index (χ0) is 12.0. The van der Waals surface area contributed by atoms with E-state index in [2.05, 4.69) is 0 Å². The van der Waals surface area contributed by atoms with Crippen molar-refractivity contribution in [3.63, 3.8) is 0 Å². The Bertz CT molecular complexity index is 213. The summed E-state index contributed by atoms with van der Waals surface area (Å²) in [5.74, 6) is 0.0309. The van der Waals surface area contributed by atoms with Gasteiger partial charge in [-0.05, 0) is 19.4 Å². The number of hydrogen-bond acceptors (Lipinski definition) is 4. The Labute approximate surface area is 96.2 Å². The van der Waals surface area contributed by atoms with Crippen molar-refractivity contribution in [1.82, 2.24) is 4.90 Å². The molecule has 4 N–H and O–H groups in total. The molecule has 16 heavy (non-hydrogen) atoms. The predicted octanol–water partition coefficient (Wildman–Crippen LogP) is -0.540. The Kier molecular flexibility index (Phi) is 5.73. The number of nitrogens with two attached hydrogens (primary N) is 1. The van der Waals surface area contributed by atoms with E-state index in [-0.39, 0.29) is 19.0 Å². The number of rotatable bonds is 6. The first-order valence-electron chi connectivity index (χ1n) is 5.99. The Morgan fingerprint density at radius 2 is 1.69 bits per heavy atom. The maximum absolute atomic E-state index is 11.6. The Morgan fingerprint density at radius 1 is 1.12 bits per heavy atom. The highest BCUT2D eigenvalue weighted by Crippen LogP contribution is 2.13. The molecule has 1 rings (SSSR count).